The maximum Gasteiger partial charge on any atom is 0.311 e. The van der Waals surface area contributed by atoms with Crippen molar-refractivity contribution < 1.29 is 9.53 Å². The van der Waals surface area contributed by atoms with Crippen LogP contribution < -0.4 is 4.74 Å². The molecular formula is C10H8Cl4O2. The summed E-state index contributed by atoms with van der Waals surface area (Å²) in [4.78, 5) is 11.3. The Labute approximate surface area is 113 Å². The van der Waals surface area contributed by atoms with E-state index in [2.05, 4.69) is 0 Å². The molecule has 6 heteroatoms. The molecule has 0 heterocycles. The molecule has 0 spiro atoms. The summed E-state index contributed by atoms with van der Waals surface area (Å²) in [6.45, 7) is 1.86. The number of hydrogen-bond donors (Lipinski definition) is 0. The average molecular weight is 302 g/mol. The van der Waals surface area contributed by atoms with E-state index in [0.717, 1.165) is 0 Å². The van der Waals surface area contributed by atoms with Gasteiger partial charge < -0.3 is 4.74 Å². The second-order valence-corrected chi connectivity index (χ2v) is 4.59. The fourth-order valence-corrected chi connectivity index (χ4v) is 1.99. The van der Waals surface area contributed by atoms with Gasteiger partial charge in [0, 0.05) is 6.42 Å². The van der Waals surface area contributed by atoms with Gasteiger partial charge in [0.2, 0.25) is 0 Å². The van der Waals surface area contributed by atoms with Crippen molar-refractivity contribution in [2.24, 2.45) is 0 Å². The van der Waals surface area contributed by atoms with E-state index in [1.54, 1.807) is 0 Å². The van der Waals surface area contributed by atoms with Crippen molar-refractivity contribution in [3.8, 4) is 5.75 Å². The maximum absolute atomic E-state index is 11.3. The first kappa shape index (κ1) is 13.9. The van der Waals surface area contributed by atoms with Gasteiger partial charge >= 0.3 is 5.97 Å². The van der Waals surface area contributed by atoms with E-state index in [1.165, 1.54) is 6.07 Å². The molecule has 1 rings (SSSR count). The highest BCUT2D eigenvalue weighted by Gasteiger charge is 2.17. The summed E-state index contributed by atoms with van der Waals surface area (Å²) >= 11 is 23.3. The summed E-state index contributed by atoms with van der Waals surface area (Å²) in [5.41, 5.74) is 0. The standard InChI is InChI=1S/C10H8Cl4O2/c1-2-3-7(15)16-10-6(12)4-5(11)8(13)9(10)14/h4H,2-3H2,1H3. The third-order valence-corrected chi connectivity index (χ3v) is 3.27. The first-order valence-electron chi connectivity index (χ1n) is 4.51. The number of hydrogen-bond acceptors (Lipinski definition) is 2. The summed E-state index contributed by atoms with van der Waals surface area (Å²) in [6, 6.07) is 1.38. The number of rotatable bonds is 3. The van der Waals surface area contributed by atoms with E-state index >= 15 is 0 Å². The van der Waals surface area contributed by atoms with Gasteiger partial charge in [-0.3, -0.25) is 4.79 Å². The molecule has 1 aromatic rings. The zero-order valence-electron chi connectivity index (χ0n) is 8.32. The Balaban J connectivity index is 3.05. The maximum atomic E-state index is 11.3. The summed E-state index contributed by atoms with van der Waals surface area (Å²) in [7, 11) is 0. The van der Waals surface area contributed by atoms with Crippen LogP contribution in [0.2, 0.25) is 20.1 Å². The highest BCUT2D eigenvalue weighted by Crippen LogP contribution is 2.42. The van der Waals surface area contributed by atoms with Crippen molar-refractivity contribution in [1.29, 1.82) is 0 Å². The fourth-order valence-electron chi connectivity index (χ4n) is 1.01. The smallest absolute Gasteiger partial charge is 0.311 e. The van der Waals surface area contributed by atoms with E-state index in [4.69, 9.17) is 51.1 Å². The molecule has 0 saturated carbocycles. The van der Waals surface area contributed by atoms with Crippen LogP contribution in [0.25, 0.3) is 0 Å². The van der Waals surface area contributed by atoms with Crippen molar-refractivity contribution in [2.75, 3.05) is 0 Å². The lowest BCUT2D eigenvalue weighted by Gasteiger charge is -2.09. The van der Waals surface area contributed by atoms with Crippen molar-refractivity contribution in [3.05, 3.63) is 26.2 Å². The first-order chi connectivity index (χ1) is 7.47. The van der Waals surface area contributed by atoms with Crippen molar-refractivity contribution in [3.63, 3.8) is 0 Å². The molecule has 0 unspecified atom stereocenters. The van der Waals surface area contributed by atoms with Crippen LogP contribution in [0.4, 0.5) is 0 Å². The molecule has 0 bridgehead atoms. The van der Waals surface area contributed by atoms with Gasteiger partial charge in [0.05, 0.1) is 15.1 Å². The largest absolute Gasteiger partial charge is 0.423 e. The van der Waals surface area contributed by atoms with Crippen LogP contribution in [0.15, 0.2) is 6.07 Å². The third kappa shape index (κ3) is 3.17. The molecule has 88 valence electrons. The van der Waals surface area contributed by atoms with Crippen LogP contribution in [-0.2, 0) is 4.79 Å². The summed E-state index contributed by atoms with van der Waals surface area (Å²) in [6.07, 6.45) is 0.961. The highest BCUT2D eigenvalue weighted by molar-refractivity contribution is 6.50. The van der Waals surface area contributed by atoms with E-state index < -0.39 is 5.97 Å². The van der Waals surface area contributed by atoms with Crippen LogP contribution in [0.1, 0.15) is 19.8 Å². The minimum absolute atomic E-state index is 0.0450. The Hall–Kier alpha value is -0.150. The number of carbonyl (C=O) groups is 1. The average Bonchev–Trinajstić information content (AvgIpc) is 2.22. The highest BCUT2D eigenvalue weighted by atomic mass is 35.5. The van der Waals surface area contributed by atoms with Gasteiger partial charge in [0.1, 0.15) is 5.02 Å². The number of halogens is 4. The topological polar surface area (TPSA) is 26.3 Å². The Morgan fingerprint density at radius 2 is 1.81 bits per heavy atom. The fraction of sp³-hybridized carbons (Fsp3) is 0.300. The molecule has 0 amide bonds. The lowest BCUT2D eigenvalue weighted by molar-refractivity contribution is -0.134. The second-order valence-electron chi connectivity index (χ2n) is 3.02. The SMILES string of the molecule is CCCC(=O)Oc1c(Cl)cc(Cl)c(Cl)c1Cl. The minimum atomic E-state index is -0.412. The van der Waals surface area contributed by atoms with E-state index in [1.807, 2.05) is 6.92 Å². The molecule has 1 aromatic carbocycles. The zero-order chi connectivity index (χ0) is 12.3. The number of carbonyl (C=O) groups excluding carboxylic acids is 1. The molecule has 0 N–H and O–H groups in total. The molecule has 2 nitrogen and oxygen atoms in total. The van der Waals surface area contributed by atoms with Crippen molar-refractivity contribution in [2.45, 2.75) is 19.8 Å². The summed E-state index contributed by atoms with van der Waals surface area (Å²) in [5, 5.41) is 0.534. The van der Waals surface area contributed by atoms with Crippen LogP contribution in [-0.4, -0.2) is 5.97 Å². The van der Waals surface area contributed by atoms with Crippen LogP contribution in [0, 0.1) is 0 Å². The molecule has 0 radical (unpaired) electrons. The number of esters is 1. The van der Waals surface area contributed by atoms with E-state index in [9.17, 15) is 4.79 Å². The van der Waals surface area contributed by atoms with Crippen LogP contribution in [0.5, 0.6) is 5.75 Å². The van der Waals surface area contributed by atoms with Gasteiger partial charge in [-0.2, -0.15) is 0 Å². The molecule has 0 atom stereocenters. The molecule has 16 heavy (non-hydrogen) atoms. The van der Waals surface area contributed by atoms with Crippen LogP contribution in [0.3, 0.4) is 0 Å². The molecule has 0 saturated heterocycles. The number of ether oxygens (including phenoxy) is 1. The summed E-state index contributed by atoms with van der Waals surface area (Å²) < 4.78 is 5.01. The lowest BCUT2D eigenvalue weighted by atomic mass is 10.3. The normalized spacial score (nSPS) is 10.3. The van der Waals surface area contributed by atoms with Gasteiger partial charge in [-0.25, -0.2) is 0 Å². The molecular weight excluding hydrogens is 294 g/mol. The molecule has 0 aromatic heterocycles. The van der Waals surface area contributed by atoms with Crippen molar-refractivity contribution in [1.82, 2.24) is 0 Å². The predicted octanol–water partition coefficient (Wildman–Crippen LogP) is 5.01. The monoisotopic (exact) mass is 300 g/mol. The van der Waals surface area contributed by atoms with Crippen LogP contribution >= 0.6 is 46.4 Å². The quantitative estimate of drug-likeness (QED) is 0.340. The third-order valence-electron chi connectivity index (χ3n) is 1.74. The Kier molecular flexibility index (Phi) is 5.19. The number of benzene rings is 1. The van der Waals surface area contributed by atoms with Gasteiger partial charge in [-0.15, -0.1) is 0 Å². The molecule has 0 aliphatic heterocycles. The van der Waals surface area contributed by atoms with Gasteiger partial charge in [-0.05, 0) is 12.5 Å². The second kappa shape index (κ2) is 5.97. The van der Waals surface area contributed by atoms with E-state index in [-0.39, 0.29) is 32.3 Å². The molecule has 0 aliphatic rings. The van der Waals surface area contributed by atoms with E-state index in [0.29, 0.717) is 6.42 Å². The molecule has 0 fully saturated rings. The lowest BCUT2D eigenvalue weighted by Crippen LogP contribution is -2.07. The Morgan fingerprint density at radius 3 is 2.38 bits per heavy atom. The van der Waals surface area contributed by atoms with Gasteiger partial charge in [0.15, 0.2) is 5.75 Å². The minimum Gasteiger partial charge on any atom is -0.423 e. The Morgan fingerprint density at radius 1 is 1.19 bits per heavy atom. The predicted molar refractivity (Wildman–Crippen MR) is 67.0 cm³/mol. The molecule has 0 aliphatic carbocycles. The zero-order valence-corrected chi connectivity index (χ0v) is 11.3. The first-order valence-corrected chi connectivity index (χ1v) is 6.02. The van der Waals surface area contributed by atoms with Gasteiger partial charge in [-0.1, -0.05) is 53.3 Å². The van der Waals surface area contributed by atoms with Crippen molar-refractivity contribution >= 4 is 52.4 Å². The van der Waals surface area contributed by atoms with Gasteiger partial charge in [0.25, 0.3) is 0 Å². The Bertz CT molecular complexity index is 418. The summed E-state index contributed by atoms with van der Waals surface area (Å²) in [5.74, 6) is -0.360.